The van der Waals surface area contributed by atoms with Crippen LogP contribution in [-0.4, -0.2) is 168 Å². The zero-order chi connectivity index (χ0) is 49.6. The van der Waals surface area contributed by atoms with Crippen molar-refractivity contribution in [3.63, 3.8) is 0 Å². The van der Waals surface area contributed by atoms with Gasteiger partial charge in [-0.2, -0.15) is 0 Å². The van der Waals surface area contributed by atoms with Gasteiger partial charge in [0, 0.05) is 0 Å². The second-order valence-electron chi connectivity index (χ2n) is 22.7. The number of carboxylic acid groups (broad SMARTS) is 3. The summed E-state index contributed by atoms with van der Waals surface area (Å²) < 4.78 is 34.2. The van der Waals surface area contributed by atoms with Crippen LogP contribution < -0.4 is 0 Å². The normalized spacial score (nSPS) is 46.5. The van der Waals surface area contributed by atoms with E-state index in [-0.39, 0.29) is 39.4 Å². The van der Waals surface area contributed by atoms with E-state index in [1.54, 1.807) is 0 Å². The van der Waals surface area contributed by atoms with Crippen LogP contribution in [0.15, 0.2) is 11.6 Å². The van der Waals surface area contributed by atoms with Crippen LogP contribution in [0.3, 0.4) is 0 Å². The molecule has 20 nitrogen and oxygen atoms in total. The Balaban J connectivity index is 1.13. The number of carboxylic acids is 3. The minimum absolute atomic E-state index is 0.0494. The molecule has 7 rings (SSSR count). The Bertz CT molecular complexity index is 1920. The zero-order valence-corrected chi connectivity index (χ0v) is 39.4. The van der Waals surface area contributed by atoms with Crippen molar-refractivity contribution in [2.45, 2.75) is 193 Å². The maximum atomic E-state index is 14.7. The predicted molar refractivity (Wildman–Crippen MR) is 228 cm³/mol. The van der Waals surface area contributed by atoms with Crippen LogP contribution in [-0.2, 0) is 47.6 Å². The molecule has 7 aliphatic rings. The molecule has 0 bridgehead atoms. The summed E-state index contributed by atoms with van der Waals surface area (Å²) >= 11 is 0. The molecule has 0 amide bonds. The summed E-state index contributed by atoms with van der Waals surface area (Å²) in [6.45, 7) is 13.8. The number of allylic oxidation sites excluding steroid dienone is 2. The molecule has 2 heterocycles. The van der Waals surface area contributed by atoms with Crippen molar-refractivity contribution in [2.24, 2.45) is 50.2 Å². The molecule has 0 radical (unpaired) electrons. The molecule has 0 unspecified atom stereocenters. The van der Waals surface area contributed by atoms with E-state index in [9.17, 15) is 65.1 Å². The van der Waals surface area contributed by atoms with Crippen molar-refractivity contribution in [3.05, 3.63) is 11.6 Å². The van der Waals surface area contributed by atoms with Crippen molar-refractivity contribution in [3.8, 4) is 0 Å². The van der Waals surface area contributed by atoms with Gasteiger partial charge in [-0.15, -0.1) is 0 Å². The molecule has 0 spiro atoms. The third-order valence-electron chi connectivity index (χ3n) is 18.3. The molecule has 380 valence electrons. The topological polar surface area (TPSA) is 326 Å². The fraction of sp³-hybridized carbons (Fsp3) is 0.872. The Labute approximate surface area is 389 Å². The number of ether oxygens (including phenoxy) is 6. The fourth-order valence-electron chi connectivity index (χ4n) is 14.3. The summed E-state index contributed by atoms with van der Waals surface area (Å²) in [5.41, 5.74) is -1.20. The second kappa shape index (κ2) is 18.4. The SMILES string of the molecule is CC1(C)CC[C@@]2(C(=O)O[C@@H]3O[C@H](CO)[C@@H](O)[C@H](O)[C@H]3O)CC[C@@]3(C)C(=CC[C@@H]4[C@]5(C)CC[C@H](O[C@@H]6O[C@H](C(=O)O)[C@@H](O)[C@H](O[C@H](OCC(=O)O)[C@H](O)C(=O)O)[C@H]6O)C(C)(C)[C@@H]5CC[C@@]43C)[C@@H]2C1. The van der Waals surface area contributed by atoms with Gasteiger partial charge in [-0.25, -0.2) is 14.4 Å². The van der Waals surface area contributed by atoms with Crippen LogP contribution in [0.1, 0.15) is 113 Å². The van der Waals surface area contributed by atoms with Crippen LogP contribution in [0, 0.1) is 50.2 Å². The van der Waals surface area contributed by atoms with Crippen molar-refractivity contribution in [2.75, 3.05) is 13.2 Å². The number of fused-ring (bicyclic) bond motifs is 7. The Morgan fingerprint density at radius 2 is 1.45 bits per heavy atom. The van der Waals surface area contributed by atoms with Gasteiger partial charge >= 0.3 is 23.9 Å². The van der Waals surface area contributed by atoms with Crippen LogP contribution in [0.25, 0.3) is 0 Å². The molecule has 67 heavy (non-hydrogen) atoms. The van der Waals surface area contributed by atoms with Gasteiger partial charge in [-0.1, -0.05) is 60.1 Å². The molecular weight excluding hydrogens is 884 g/mol. The predicted octanol–water partition coefficient (Wildman–Crippen LogP) is 1.31. The third-order valence-corrected chi connectivity index (χ3v) is 18.3. The monoisotopic (exact) mass is 956 g/mol. The van der Waals surface area contributed by atoms with Gasteiger partial charge in [0.15, 0.2) is 18.7 Å². The van der Waals surface area contributed by atoms with Crippen molar-refractivity contribution in [1.29, 1.82) is 0 Å². The van der Waals surface area contributed by atoms with Crippen LogP contribution >= 0.6 is 0 Å². The molecule has 10 N–H and O–H groups in total. The van der Waals surface area contributed by atoms with E-state index < -0.39 is 128 Å². The number of hydrogen-bond donors (Lipinski definition) is 10. The average Bonchev–Trinajstić information content (AvgIpc) is 3.24. The zero-order valence-electron chi connectivity index (χ0n) is 39.4. The first-order valence-electron chi connectivity index (χ1n) is 23.6. The van der Waals surface area contributed by atoms with Gasteiger partial charge < -0.3 is 79.5 Å². The molecule has 2 aliphatic heterocycles. The van der Waals surface area contributed by atoms with Gasteiger partial charge in [0.1, 0.15) is 49.3 Å². The first kappa shape index (κ1) is 52.0. The molecule has 20 heteroatoms. The van der Waals surface area contributed by atoms with Crippen LogP contribution in [0.4, 0.5) is 0 Å². The first-order valence-corrected chi connectivity index (χ1v) is 23.6. The fourth-order valence-corrected chi connectivity index (χ4v) is 14.3. The number of carbonyl (C=O) groups is 4. The Morgan fingerprint density at radius 3 is 2.07 bits per heavy atom. The van der Waals surface area contributed by atoms with E-state index in [1.807, 2.05) is 0 Å². The standard InChI is InChI=1S/C47H72O20/c1-42(2)14-16-47(41(61)67-39-30(53)29(52)28(51)23(19-48)63-39)17-15-45(6)21(22(47)18-42)8-9-25-44(5)12-11-26(43(3,4)24(44)10-13-46(25,45)7)64-40-32(55)34(31(54)35(66-40)37(59)60)65-38(33(56)36(57)58)62-20-27(49)50/h8,22-26,28-35,38-40,48,51-56H,9-20H2,1-7H3,(H,49,50)(H,57,58)(H,59,60)/t22-,23+,24-,25+,26-,28+,29-,30+,31-,32+,33+,34-,35-,38-,39-,40+,44+,45-,46-,47+/m0/s1. The van der Waals surface area contributed by atoms with E-state index in [0.717, 1.165) is 32.1 Å². The lowest BCUT2D eigenvalue weighted by Crippen LogP contribution is -2.66. The molecule has 0 aromatic rings. The first-order chi connectivity index (χ1) is 31.1. The van der Waals surface area contributed by atoms with Crippen LogP contribution in [0.2, 0.25) is 0 Å². The lowest BCUT2D eigenvalue weighted by molar-refractivity contribution is -0.345. The number of aliphatic carboxylic acids is 3. The quantitative estimate of drug-likeness (QED) is 0.0538. The summed E-state index contributed by atoms with van der Waals surface area (Å²) in [6, 6.07) is 0. The molecule has 2 saturated heterocycles. The van der Waals surface area contributed by atoms with Gasteiger partial charge in [0.2, 0.25) is 12.4 Å². The highest BCUT2D eigenvalue weighted by molar-refractivity contribution is 5.79. The maximum absolute atomic E-state index is 14.7. The van der Waals surface area contributed by atoms with Crippen molar-refractivity contribution in [1.82, 2.24) is 0 Å². The summed E-state index contributed by atoms with van der Waals surface area (Å²) in [7, 11) is 0. The van der Waals surface area contributed by atoms with E-state index in [0.29, 0.717) is 32.1 Å². The number of rotatable bonds is 13. The summed E-state index contributed by atoms with van der Waals surface area (Å²) in [6.07, 6.45) is -13.8. The van der Waals surface area contributed by atoms with Crippen molar-refractivity contribution < 1.29 is 98.7 Å². The van der Waals surface area contributed by atoms with E-state index in [1.165, 1.54) is 5.57 Å². The van der Waals surface area contributed by atoms with Gasteiger partial charge in [-0.3, -0.25) is 4.79 Å². The van der Waals surface area contributed by atoms with E-state index >= 15 is 0 Å². The summed E-state index contributed by atoms with van der Waals surface area (Å²) in [5.74, 6) is -5.54. The molecular formula is C47H72O20. The Morgan fingerprint density at radius 1 is 0.776 bits per heavy atom. The molecule has 0 aromatic carbocycles. The van der Waals surface area contributed by atoms with Gasteiger partial charge in [0.05, 0.1) is 18.1 Å². The highest BCUT2D eigenvalue weighted by Gasteiger charge is 2.70. The maximum Gasteiger partial charge on any atom is 0.337 e. The minimum atomic E-state index is -2.48. The molecule has 20 atom stereocenters. The van der Waals surface area contributed by atoms with E-state index in [2.05, 4.69) is 54.5 Å². The number of hydrogen-bond acceptors (Lipinski definition) is 17. The number of aliphatic hydroxyl groups excluding tert-OH is 7. The number of carbonyl (C=O) groups excluding carboxylic acids is 1. The second-order valence-corrected chi connectivity index (χ2v) is 22.7. The largest absolute Gasteiger partial charge is 0.480 e. The summed E-state index contributed by atoms with van der Waals surface area (Å²) in [5, 5.41) is 103. The van der Waals surface area contributed by atoms with Crippen LogP contribution in [0.5, 0.6) is 0 Å². The lowest BCUT2D eigenvalue weighted by Gasteiger charge is -2.71. The highest BCUT2D eigenvalue weighted by atomic mass is 16.7. The van der Waals surface area contributed by atoms with Gasteiger partial charge in [0.25, 0.3) is 0 Å². The molecule has 0 aromatic heterocycles. The van der Waals surface area contributed by atoms with E-state index in [4.69, 9.17) is 33.5 Å². The number of esters is 1. The molecule has 4 saturated carbocycles. The smallest absolute Gasteiger partial charge is 0.337 e. The Hall–Kier alpha value is -2.86. The molecule has 5 aliphatic carbocycles. The third kappa shape index (κ3) is 8.65. The molecule has 6 fully saturated rings. The Kier molecular flexibility index (Phi) is 14.3. The highest BCUT2D eigenvalue weighted by Crippen LogP contribution is 2.76. The number of aliphatic hydroxyl groups is 7. The van der Waals surface area contributed by atoms with Gasteiger partial charge in [-0.05, 0) is 109 Å². The minimum Gasteiger partial charge on any atom is -0.480 e. The van der Waals surface area contributed by atoms with Crippen molar-refractivity contribution >= 4 is 23.9 Å². The summed E-state index contributed by atoms with van der Waals surface area (Å²) in [4.78, 5) is 49.9. The average molecular weight is 957 g/mol. The lowest BCUT2D eigenvalue weighted by atomic mass is 9.33.